The van der Waals surface area contributed by atoms with Crippen LogP contribution in [0.4, 0.5) is 5.82 Å². The van der Waals surface area contributed by atoms with E-state index in [0.29, 0.717) is 24.1 Å². The van der Waals surface area contributed by atoms with Gasteiger partial charge in [0, 0.05) is 12.4 Å². The zero-order valence-electron chi connectivity index (χ0n) is 10.1. The van der Waals surface area contributed by atoms with Crippen molar-refractivity contribution in [3.63, 3.8) is 0 Å². The number of anilines is 1. The van der Waals surface area contributed by atoms with Crippen molar-refractivity contribution in [1.82, 2.24) is 9.97 Å². The van der Waals surface area contributed by atoms with Crippen LogP contribution in [0.2, 0.25) is 0 Å². The van der Waals surface area contributed by atoms with Crippen LogP contribution >= 0.6 is 11.6 Å². The molecule has 2 aromatic rings. The van der Waals surface area contributed by atoms with Gasteiger partial charge in [-0.2, -0.15) is 4.98 Å². The van der Waals surface area contributed by atoms with Crippen LogP contribution in [0.25, 0.3) is 0 Å². The molecule has 1 heterocycles. The number of nitrogens with one attached hydrogen (secondary N) is 1. The first kappa shape index (κ1) is 12.6. The SMILES string of the molecule is COc1cncc(NCc2ccc(CCl)cc2)n1. The second-order valence-electron chi connectivity index (χ2n) is 3.75. The molecule has 0 saturated heterocycles. The van der Waals surface area contributed by atoms with Gasteiger partial charge in [-0.05, 0) is 11.1 Å². The predicted molar refractivity (Wildman–Crippen MR) is 71.9 cm³/mol. The molecule has 4 nitrogen and oxygen atoms in total. The molecule has 18 heavy (non-hydrogen) atoms. The summed E-state index contributed by atoms with van der Waals surface area (Å²) in [6.07, 6.45) is 3.23. The largest absolute Gasteiger partial charge is 0.480 e. The number of rotatable bonds is 5. The van der Waals surface area contributed by atoms with Crippen molar-refractivity contribution >= 4 is 17.4 Å². The van der Waals surface area contributed by atoms with Crippen molar-refractivity contribution in [3.05, 3.63) is 47.8 Å². The van der Waals surface area contributed by atoms with Crippen LogP contribution in [0, 0.1) is 0 Å². The molecule has 1 aromatic heterocycles. The van der Waals surface area contributed by atoms with Crippen LogP contribution in [0.5, 0.6) is 5.88 Å². The maximum Gasteiger partial charge on any atom is 0.233 e. The van der Waals surface area contributed by atoms with Crippen molar-refractivity contribution in [2.75, 3.05) is 12.4 Å². The lowest BCUT2D eigenvalue weighted by Gasteiger charge is -2.07. The lowest BCUT2D eigenvalue weighted by Crippen LogP contribution is -2.02. The topological polar surface area (TPSA) is 47.0 Å². The molecule has 0 spiro atoms. The Balaban J connectivity index is 1.97. The van der Waals surface area contributed by atoms with Crippen LogP contribution in [0.1, 0.15) is 11.1 Å². The Morgan fingerprint density at radius 1 is 1.17 bits per heavy atom. The van der Waals surface area contributed by atoms with Gasteiger partial charge in [0.15, 0.2) is 0 Å². The summed E-state index contributed by atoms with van der Waals surface area (Å²) in [7, 11) is 1.57. The minimum absolute atomic E-state index is 0.498. The minimum Gasteiger partial charge on any atom is -0.480 e. The van der Waals surface area contributed by atoms with Crippen LogP contribution in [0.15, 0.2) is 36.7 Å². The van der Waals surface area contributed by atoms with E-state index in [4.69, 9.17) is 16.3 Å². The van der Waals surface area contributed by atoms with Crippen LogP contribution < -0.4 is 10.1 Å². The monoisotopic (exact) mass is 263 g/mol. The number of alkyl halides is 1. The fourth-order valence-corrected chi connectivity index (χ4v) is 1.65. The third kappa shape index (κ3) is 3.34. The van der Waals surface area contributed by atoms with Crippen molar-refractivity contribution in [1.29, 1.82) is 0 Å². The van der Waals surface area contributed by atoms with Crippen LogP contribution in [-0.2, 0) is 12.4 Å². The molecule has 94 valence electrons. The van der Waals surface area contributed by atoms with Crippen molar-refractivity contribution in [2.45, 2.75) is 12.4 Å². The molecule has 0 aliphatic rings. The highest BCUT2D eigenvalue weighted by Gasteiger charge is 1.99. The summed E-state index contributed by atoms with van der Waals surface area (Å²) in [5.41, 5.74) is 2.27. The van der Waals surface area contributed by atoms with Crippen LogP contribution in [0.3, 0.4) is 0 Å². The smallest absolute Gasteiger partial charge is 0.233 e. The molecule has 0 fully saturated rings. The molecule has 0 unspecified atom stereocenters. The molecular formula is C13H14ClN3O. The lowest BCUT2D eigenvalue weighted by molar-refractivity contribution is 0.396. The third-order valence-corrected chi connectivity index (χ3v) is 2.78. The highest BCUT2D eigenvalue weighted by molar-refractivity contribution is 6.17. The Labute approximate surface area is 111 Å². The van der Waals surface area contributed by atoms with Gasteiger partial charge in [0.25, 0.3) is 0 Å². The number of aromatic nitrogens is 2. The van der Waals surface area contributed by atoms with Crippen LogP contribution in [-0.4, -0.2) is 17.1 Å². The molecule has 1 N–H and O–H groups in total. The van der Waals surface area contributed by atoms with E-state index in [1.807, 2.05) is 24.3 Å². The summed E-state index contributed by atoms with van der Waals surface area (Å²) >= 11 is 5.74. The summed E-state index contributed by atoms with van der Waals surface area (Å²) in [6, 6.07) is 8.11. The molecule has 0 bridgehead atoms. The number of nitrogens with zero attached hydrogens (tertiary/aromatic N) is 2. The highest BCUT2D eigenvalue weighted by atomic mass is 35.5. The first-order valence-corrected chi connectivity index (χ1v) is 6.09. The van der Waals surface area contributed by atoms with E-state index >= 15 is 0 Å². The fraction of sp³-hybridized carbons (Fsp3) is 0.231. The third-order valence-electron chi connectivity index (χ3n) is 2.47. The lowest BCUT2D eigenvalue weighted by atomic mass is 10.1. The van der Waals surface area contributed by atoms with Crippen molar-refractivity contribution < 1.29 is 4.74 Å². The molecule has 0 atom stereocenters. The average molecular weight is 264 g/mol. The van der Waals surface area contributed by atoms with Gasteiger partial charge < -0.3 is 10.1 Å². The molecule has 0 saturated carbocycles. The van der Waals surface area contributed by atoms with E-state index in [2.05, 4.69) is 15.3 Å². The summed E-state index contributed by atoms with van der Waals surface area (Å²) < 4.78 is 5.01. The minimum atomic E-state index is 0.498. The summed E-state index contributed by atoms with van der Waals surface area (Å²) in [5, 5.41) is 3.19. The quantitative estimate of drug-likeness (QED) is 0.843. The maximum atomic E-state index is 5.74. The van der Waals surface area contributed by atoms with E-state index in [9.17, 15) is 0 Å². The highest BCUT2D eigenvalue weighted by Crippen LogP contribution is 2.11. The second kappa shape index (κ2) is 6.21. The van der Waals surface area contributed by atoms with Gasteiger partial charge in [0.05, 0.1) is 19.5 Å². The number of methoxy groups -OCH3 is 1. The normalized spacial score (nSPS) is 10.1. The van der Waals surface area contributed by atoms with E-state index in [-0.39, 0.29) is 0 Å². The number of halogens is 1. The fourth-order valence-electron chi connectivity index (χ4n) is 1.47. The summed E-state index contributed by atoms with van der Waals surface area (Å²) in [6.45, 7) is 0.685. The molecule has 0 aliphatic carbocycles. The van der Waals surface area contributed by atoms with Crippen molar-refractivity contribution in [3.8, 4) is 5.88 Å². The molecule has 0 aliphatic heterocycles. The number of benzene rings is 1. The molecule has 0 amide bonds. The Hall–Kier alpha value is -1.81. The predicted octanol–water partition coefficient (Wildman–Crippen LogP) is 2.84. The Morgan fingerprint density at radius 3 is 2.56 bits per heavy atom. The van der Waals surface area contributed by atoms with E-state index in [1.54, 1.807) is 19.5 Å². The number of ether oxygens (including phenoxy) is 1. The number of hydrogen-bond donors (Lipinski definition) is 1. The Morgan fingerprint density at radius 2 is 1.89 bits per heavy atom. The van der Waals surface area contributed by atoms with Gasteiger partial charge in [-0.25, -0.2) is 0 Å². The molecule has 2 rings (SSSR count). The zero-order valence-corrected chi connectivity index (χ0v) is 10.8. The first-order chi connectivity index (χ1) is 8.81. The molecule has 5 heteroatoms. The first-order valence-electron chi connectivity index (χ1n) is 5.55. The Bertz CT molecular complexity index is 502. The maximum absolute atomic E-state index is 5.74. The van der Waals surface area contributed by atoms with Crippen molar-refractivity contribution in [2.24, 2.45) is 0 Å². The summed E-state index contributed by atoms with van der Waals surface area (Å²) in [5.74, 6) is 1.72. The number of hydrogen-bond acceptors (Lipinski definition) is 4. The van der Waals surface area contributed by atoms with E-state index in [1.165, 1.54) is 0 Å². The zero-order chi connectivity index (χ0) is 12.8. The van der Waals surface area contributed by atoms with Gasteiger partial charge in [-0.3, -0.25) is 4.98 Å². The van der Waals surface area contributed by atoms with Gasteiger partial charge in [-0.1, -0.05) is 24.3 Å². The summed E-state index contributed by atoms with van der Waals surface area (Å²) in [4.78, 5) is 8.25. The molecule has 0 radical (unpaired) electrons. The van der Waals surface area contributed by atoms with Gasteiger partial charge in [0.2, 0.25) is 5.88 Å². The van der Waals surface area contributed by atoms with Gasteiger partial charge in [0.1, 0.15) is 5.82 Å². The second-order valence-corrected chi connectivity index (χ2v) is 4.02. The van der Waals surface area contributed by atoms with Gasteiger partial charge >= 0.3 is 0 Å². The van der Waals surface area contributed by atoms with E-state index < -0.39 is 0 Å². The standard InChI is InChI=1S/C13H14ClN3O/c1-18-13-9-15-8-12(17-13)16-7-11-4-2-10(6-14)3-5-11/h2-5,8-9H,6-7H2,1H3,(H,16,17). The molecule has 1 aromatic carbocycles. The van der Waals surface area contributed by atoms with E-state index in [0.717, 1.165) is 11.1 Å². The van der Waals surface area contributed by atoms with Gasteiger partial charge in [-0.15, -0.1) is 11.6 Å². The molecular weight excluding hydrogens is 250 g/mol. The average Bonchev–Trinajstić information content (AvgIpc) is 2.46. The Kier molecular flexibility index (Phi) is 4.36.